The van der Waals surface area contributed by atoms with Crippen LogP contribution in [0.5, 0.6) is 5.75 Å². The predicted octanol–water partition coefficient (Wildman–Crippen LogP) is 10.2. The smallest absolute Gasteiger partial charge is 0.347 e. The Morgan fingerprint density at radius 3 is 1.73 bits per heavy atom. The van der Waals surface area contributed by atoms with E-state index in [-0.39, 0.29) is 5.97 Å². The Morgan fingerprint density at radius 2 is 1.16 bits per heavy atom. The van der Waals surface area contributed by atoms with Crippen LogP contribution in [0, 0.1) is 0 Å². The molecule has 0 aliphatic carbocycles. The van der Waals surface area contributed by atoms with Gasteiger partial charge in [-0.3, -0.25) is 0 Å². The number of esters is 1. The van der Waals surface area contributed by atoms with E-state index in [1.54, 1.807) is 0 Å². The van der Waals surface area contributed by atoms with E-state index < -0.39 is 6.10 Å². The average molecular weight is 505 g/mol. The first-order valence-corrected chi connectivity index (χ1v) is 14.9. The molecule has 3 aromatic carbocycles. The van der Waals surface area contributed by atoms with E-state index in [2.05, 4.69) is 43.3 Å². The second-order valence-electron chi connectivity index (χ2n) is 10.5. The first-order valence-electron chi connectivity index (χ1n) is 14.9. The van der Waals surface area contributed by atoms with Gasteiger partial charge in [-0.15, -0.1) is 0 Å². The number of methoxy groups -OCH3 is 1. The molecule has 0 radical (unpaired) electrons. The van der Waals surface area contributed by atoms with Crippen molar-refractivity contribution in [3.05, 3.63) is 54.6 Å². The Kier molecular flexibility index (Phi) is 13.4. The number of unbranched alkanes of at least 4 members (excludes halogenated alkanes) is 14. The average Bonchev–Trinajstić information content (AvgIpc) is 2.93. The summed E-state index contributed by atoms with van der Waals surface area (Å²) in [4.78, 5) is 12.5. The van der Waals surface area contributed by atoms with Crippen LogP contribution in [-0.4, -0.2) is 19.2 Å². The van der Waals surface area contributed by atoms with Crippen molar-refractivity contribution in [2.24, 2.45) is 0 Å². The van der Waals surface area contributed by atoms with Gasteiger partial charge in [0.25, 0.3) is 0 Å². The normalized spacial score (nSPS) is 12.2. The quantitative estimate of drug-likeness (QED) is 0.0925. The molecule has 1 unspecified atom stereocenters. The second-order valence-corrected chi connectivity index (χ2v) is 10.5. The summed E-state index contributed by atoms with van der Waals surface area (Å²) in [5.41, 5.74) is 0. The fourth-order valence-corrected chi connectivity index (χ4v) is 5.25. The lowest BCUT2D eigenvalue weighted by Crippen LogP contribution is -2.28. The Bertz CT molecular complexity index is 1060. The van der Waals surface area contributed by atoms with Crippen LogP contribution < -0.4 is 4.74 Å². The second kappa shape index (κ2) is 17.1. The molecule has 1 atom stereocenters. The van der Waals surface area contributed by atoms with Crippen molar-refractivity contribution in [3.8, 4) is 5.75 Å². The maximum Gasteiger partial charge on any atom is 0.347 e. The lowest BCUT2D eigenvalue weighted by Gasteiger charge is -2.18. The molecular weight excluding hydrogens is 456 g/mol. The first-order chi connectivity index (χ1) is 18.2. The number of carbonyl (C=O) groups is 1. The molecule has 3 aromatic rings. The molecule has 0 aromatic heterocycles. The molecule has 3 nitrogen and oxygen atoms in total. The summed E-state index contributed by atoms with van der Waals surface area (Å²) in [6.45, 7) is 2.28. The summed E-state index contributed by atoms with van der Waals surface area (Å²) in [6.07, 6.45) is 20.1. The van der Waals surface area contributed by atoms with Crippen LogP contribution in [0.1, 0.15) is 110 Å². The van der Waals surface area contributed by atoms with Gasteiger partial charge in [0.15, 0.2) is 6.10 Å². The van der Waals surface area contributed by atoms with Crippen molar-refractivity contribution >= 4 is 27.5 Å². The van der Waals surface area contributed by atoms with Gasteiger partial charge in [-0.1, -0.05) is 133 Å². The third-order valence-corrected chi connectivity index (χ3v) is 7.51. The number of hydrogen-bond acceptors (Lipinski definition) is 3. The van der Waals surface area contributed by atoms with Crippen molar-refractivity contribution in [1.29, 1.82) is 0 Å². The summed E-state index contributed by atoms with van der Waals surface area (Å²) >= 11 is 0. The summed E-state index contributed by atoms with van der Waals surface area (Å²) in [7, 11) is 1.45. The third kappa shape index (κ3) is 10.0. The standard InChI is InChI=1S/C34H48O3/c1-3-4-5-6-7-8-9-10-11-12-13-14-15-16-17-24-33(34(35)36-2)37-32-25-20-23-30-26-28-21-18-19-22-29(28)27-31(30)32/h18-23,25-27,33H,3-17,24H2,1-2H3. The number of hydrogen-bond donors (Lipinski definition) is 0. The van der Waals surface area contributed by atoms with Gasteiger partial charge in [-0.05, 0) is 47.2 Å². The topological polar surface area (TPSA) is 35.5 Å². The van der Waals surface area contributed by atoms with E-state index in [9.17, 15) is 4.79 Å². The lowest BCUT2D eigenvalue weighted by atomic mass is 10.0. The van der Waals surface area contributed by atoms with Crippen LogP contribution in [0.25, 0.3) is 21.5 Å². The highest BCUT2D eigenvalue weighted by Crippen LogP contribution is 2.31. The van der Waals surface area contributed by atoms with E-state index in [0.717, 1.165) is 29.4 Å². The minimum absolute atomic E-state index is 0.289. The van der Waals surface area contributed by atoms with Crippen molar-refractivity contribution < 1.29 is 14.3 Å². The number of benzene rings is 3. The number of fused-ring (bicyclic) bond motifs is 2. The zero-order chi connectivity index (χ0) is 26.1. The molecule has 0 fully saturated rings. The van der Waals surface area contributed by atoms with Gasteiger partial charge in [-0.2, -0.15) is 0 Å². The fraction of sp³-hybridized carbons (Fsp3) is 0.559. The lowest BCUT2D eigenvalue weighted by molar-refractivity contribution is -0.149. The number of carbonyl (C=O) groups excluding carboxylic acids is 1. The zero-order valence-electron chi connectivity index (χ0n) is 23.3. The molecule has 0 aliphatic rings. The molecule has 0 saturated carbocycles. The van der Waals surface area contributed by atoms with Crippen molar-refractivity contribution in [2.75, 3.05) is 7.11 Å². The summed E-state index contributed by atoms with van der Waals surface area (Å²) in [6, 6.07) is 18.7. The summed E-state index contributed by atoms with van der Waals surface area (Å²) in [5.74, 6) is 0.461. The van der Waals surface area contributed by atoms with E-state index in [0.29, 0.717) is 6.42 Å². The molecule has 0 amide bonds. The molecule has 202 valence electrons. The monoisotopic (exact) mass is 504 g/mol. The van der Waals surface area contributed by atoms with E-state index in [4.69, 9.17) is 9.47 Å². The van der Waals surface area contributed by atoms with E-state index in [1.165, 1.54) is 101 Å². The summed E-state index contributed by atoms with van der Waals surface area (Å²) < 4.78 is 11.4. The highest BCUT2D eigenvalue weighted by Gasteiger charge is 2.21. The molecular formula is C34H48O3. The molecule has 0 saturated heterocycles. The van der Waals surface area contributed by atoms with Gasteiger partial charge in [0.2, 0.25) is 0 Å². The Hall–Kier alpha value is -2.55. The highest BCUT2D eigenvalue weighted by atomic mass is 16.6. The van der Waals surface area contributed by atoms with Gasteiger partial charge in [0.05, 0.1) is 7.11 Å². The van der Waals surface area contributed by atoms with Crippen LogP contribution in [0.3, 0.4) is 0 Å². The number of rotatable bonds is 19. The number of ether oxygens (including phenoxy) is 2. The van der Waals surface area contributed by atoms with Gasteiger partial charge in [0, 0.05) is 5.39 Å². The largest absolute Gasteiger partial charge is 0.478 e. The van der Waals surface area contributed by atoms with Crippen LogP contribution >= 0.6 is 0 Å². The molecule has 3 rings (SSSR count). The van der Waals surface area contributed by atoms with Gasteiger partial charge < -0.3 is 9.47 Å². The van der Waals surface area contributed by atoms with Crippen LogP contribution in [0.15, 0.2) is 54.6 Å². The molecule has 0 aliphatic heterocycles. The third-order valence-electron chi connectivity index (χ3n) is 7.51. The Labute approximate surface area is 224 Å². The minimum atomic E-state index is -0.566. The highest BCUT2D eigenvalue weighted by molar-refractivity contribution is 6.01. The molecule has 0 N–H and O–H groups in total. The van der Waals surface area contributed by atoms with Gasteiger partial charge >= 0.3 is 5.97 Å². The maximum atomic E-state index is 12.5. The van der Waals surface area contributed by atoms with Crippen LogP contribution in [-0.2, 0) is 9.53 Å². The molecule has 0 bridgehead atoms. The molecule has 37 heavy (non-hydrogen) atoms. The van der Waals surface area contributed by atoms with Crippen LogP contribution in [0.4, 0.5) is 0 Å². The molecule has 0 spiro atoms. The van der Waals surface area contributed by atoms with Crippen molar-refractivity contribution in [2.45, 2.75) is 116 Å². The Balaban J connectivity index is 1.35. The predicted molar refractivity (Wildman–Crippen MR) is 157 cm³/mol. The molecule has 0 heterocycles. The van der Waals surface area contributed by atoms with Crippen molar-refractivity contribution in [3.63, 3.8) is 0 Å². The zero-order valence-corrected chi connectivity index (χ0v) is 23.3. The van der Waals surface area contributed by atoms with Crippen LogP contribution in [0.2, 0.25) is 0 Å². The molecule has 3 heteroatoms. The first kappa shape index (κ1) is 29.0. The maximum absolute atomic E-state index is 12.5. The van der Waals surface area contributed by atoms with Gasteiger partial charge in [0.1, 0.15) is 5.75 Å². The van der Waals surface area contributed by atoms with E-state index in [1.807, 2.05) is 18.2 Å². The minimum Gasteiger partial charge on any atom is -0.478 e. The fourth-order valence-electron chi connectivity index (χ4n) is 5.25. The Morgan fingerprint density at radius 1 is 0.649 bits per heavy atom. The van der Waals surface area contributed by atoms with Gasteiger partial charge in [-0.25, -0.2) is 4.79 Å². The van der Waals surface area contributed by atoms with Crippen molar-refractivity contribution in [1.82, 2.24) is 0 Å². The SMILES string of the molecule is CCCCCCCCCCCCCCCCCC(Oc1cccc2cc3ccccc3cc12)C(=O)OC. The van der Waals surface area contributed by atoms with E-state index >= 15 is 0 Å². The summed E-state index contributed by atoms with van der Waals surface area (Å²) in [5, 5.41) is 4.52.